The molecule has 3 nitrogen and oxygen atoms in total. The van der Waals surface area contributed by atoms with Gasteiger partial charge >= 0.3 is 0 Å². The normalized spacial score (nSPS) is 9.83. The zero-order valence-electron chi connectivity index (χ0n) is 6.58. The molecule has 0 heterocycles. The number of aromatic hydroxyl groups is 1. The second kappa shape index (κ2) is 4.33. The molecule has 1 aromatic carbocycles. The molecular formula is C8H9BrO3. The summed E-state index contributed by atoms with van der Waals surface area (Å²) >= 11 is 3.24. The van der Waals surface area contributed by atoms with Crippen molar-refractivity contribution in [2.75, 3.05) is 13.9 Å². The van der Waals surface area contributed by atoms with Gasteiger partial charge in [-0.15, -0.1) is 0 Å². The summed E-state index contributed by atoms with van der Waals surface area (Å²) in [5.41, 5.74) is 0. The van der Waals surface area contributed by atoms with E-state index in [2.05, 4.69) is 15.9 Å². The van der Waals surface area contributed by atoms with Crippen LogP contribution in [0.2, 0.25) is 0 Å². The van der Waals surface area contributed by atoms with Crippen LogP contribution < -0.4 is 4.74 Å². The third-order valence-corrected chi connectivity index (χ3v) is 1.87. The minimum absolute atomic E-state index is 0.198. The first-order valence-electron chi connectivity index (χ1n) is 3.34. The summed E-state index contributed by atoms with van der Waals surface area (Å²) < 4.78 is 10.6. The van der Waals surface area contributed by atoms with Crippen LogP contribution in [0, 0.1) is 0 Å². The van der Waals surface area contributed by atoms with Gasteiger partial charge in [-0.05, 0) is 34.1 Å². The van der Waals surface area contributed by atoms with E-state index in [1.54, 1.807) is 25.3 Å². The highest BCUT2D eigenvalue weighted by Gasteiger charge is 2.00. The van der Waals surface area contributed by atoms with Gasteiger partial charge in [0.2, 0.25) is 0 Å². The molecule has 0 aliphatic heterocycles. The fourth-order valence-corrected chi connectivity index (χ4v) is 1.21. The second-order valence-electron chi connectivity index (χ2n) is 2.17. The first-order valence-corrected chi connectivity index (χ1v) is 4.13. The van der Waals surface area contributed by atoms with Crippen LogP contribution in [0.1, 0.15) is 0 Å². The van der Waals surface area contributed by atoms with E-state index in [0.29, 0.717) is 10.2 Å². The smallest absolute Gasteiger partial charge is 0.188 e. The highest BCUT2D eigenvalue weighted by Crippen LogP contribution is 2.28. The first kappa shape index (κ1) is 9.35. The Hall–Kier alpha value is -0.740. The monoisotopic (exact) mass is 232 g/mol. The molecule has 0 bridgehead atoms. The zero-order chi connectivity index (χ0) is 8.97. The maximum atomic E-state index is 9.05. The molecule has 1 rings (SSSR count). The maximum Gasteiger partial charge on any atom is 0.188 e. The quantitative estimate of drug-likeness (QED) is 0.813. The minimum Gasteiger partial charge on any atom is -0.508 e. The largest absolute Gasteiger partial charge is 0.508 e. The van der Waals surface area contributed by atoms with Gasteiger partial charge in [0.25, 0.3) is 0 Å². The summed E-state index contributed by atoms with van der Waals surface area (Å²) in [7, 11) is 1.55. The molecule has 0 fully saturated rings. The molecule has 0 amide bonds. The summed E-state index contributed by atoms with van der Waals surface area (Å²) in [6.07, 6.45) is 0. The van der Waals surface area contributed by atoms with Gasteiger partial charge in [-0.3, -0.25) is 0 Å². The van der Waals surface area contributed by atoms with Crippen molar-refractivity contribution in [2.45, 2.75) is 0 Å². The molecule has 0 spiro atoms. The van der Waals surface area contributed by atoms with Gasteiger partial charge in [0.15, 0.2) is 6.79 Å². The predicted molar refractivity (Wildman–Crippen MR) is 48.3 cm³/mol. The zero-order valence-corrected chi connectivity index (χ0v) is 8.17. The van der Waals surface area contributed by atoms with Crippen LogP contribution in [0.15, 0.2) is 22.7 Å². The molecule has 0 aromatic heterocycles. The second-order valence-corrected chi connectivity index (χ2v) is 3.02. The summed E-state index contributed by atoms with van der Waals surface area (Å²) in [5.74, 6) is 0.848. The summed E-state index contributed by atoms with van der Waals surface area (Å²) in [6, 6.07) is 4.78. The Kier molecular flexibility index (Phi) is 3.37. The van der Waals surface area contributed by atoms with E-state index in [-0.39, 0.29) is 12.5 Å². The molecule has 0 saturated carbocycles. The van der Waals surface area contributed by atoms with E-state index in [9.17, 15) is 0 Å². The molecule has 0 aliphatic carbocycles. The van der Waals surface area contributed by atoms with Gasteiger partial charge in [-0.2, -0.15) is 0 Å². The Morgan fingerprint density at radius 1 is 1.50 bits per heavy atom. The lowest BCUT2D eigenvalue weighted by atomic mass is 10.3. The fourth-order valence-electron chi connectivity index (χ4n) is 0.729. The molecule has 66 valence electrons. The lowest BCUT2D eigenvalue weighted by Gasteiger charge is -2.06. The molecule has 12 heavy (non-hydrogen) atoms. The van der Waals surface area contributed by atoms with E-state index in [0.717, 1.165) is 0 Å². The number of rotatable bonds is 3. The summed E-state index contributed by atoms with van der Waals surface area (Å²) in [5, 5.41) is 9.05. The van der Waals surface area contributed by atoms with Crippen molar-refractivity contribution in [3.63, 3.8) is 0 Å². The number of hydrogen-bond donors (Lipinski definition) is 1. The lowest BCUT2D eigenvalue weighted by Crippen LogP contribution is -1.98. The number of halogens is 1. The van der Waals surface area contributed by atoms with Crippen molar-refractivity contribution >= 4 is 15.9 Å². The third kappa shape index (κ3) is 2.39. The van der Waals surface area contributed by atoms with E-state index < -0.39 is 0 Å². The van der Waals surface area contributed by atoms with Crippen molar-refractivity contribution in [1.82, 2.24) is 0 Å². The molecule has 4 heteroatoms. The van der Waals surface area contributed by atoms with E-state index >= 15 is 0 Å². The highest BCUT2D eigenvalue weighted by atomic mass is 79.9. The van der Waals surface area contributed by atoms with Gasteiger partial charge in [0.1, 0.15) is 11.5 Å². The van der Waals surface area contributed by atoms with Crippen LogP contribution >= 0.6 is 15.9 Å². The van der Waals surface area contributed by atoms with E-state index in [1.807, 2.05) is 0 Å². The SMILES string of the molecule is COCOc1ccc(O)cc1Br. The molecular weight excluding hydrogens is 224 g/mol. The van der Waals surface area contributed by atoms with E-state index in [1.165, 1.54) is 0 Å². The molecule has 1 N–H and O–H groups in total. The van der Waals surface area contributed by atoms with Crippen LogP contribution in [0.4, 0.5) is 0 Å². The maximum absolute atomic E-state index is 9.05. The van der Waals surface area contributed by atoms with Crippen molar-refractivity contribution < 1.29 is 14.6 Å². The van der Waals surface area contributed by atoms with Crippen molar-refractivity contribution in [1.29, 1.82) is 0 Å². The Balaban J connectivity index is 2.72. The molecule has 0 atom stereocenters. The molecule has 0 radical (unpaired) electrons. The fraction of sp³-hybridized carbons (Fsp3) is 0.250. The van der Waals surface area contributed by atoms with Crippen molar-refractivity contribution in [3.8, 4) is 11.5 Å². The summed E-state index contributed by atoms with van der Waals surface area (Å²) in [4.78, 5) is 0. The average Bonchev–Trinajstić information content (AvgIpc) is 2.03. The van der Waals surface area contributed by atoms with Crippen molar-refractivity contribution in [2.24, 2.45) is 0 Å². The Morgan fingerprint density at radius 2 is 2.25 bits per heavy atom. The van der Waals surface area contributed by atoms with Gasteiger partial charge in [-0.1, -0.05) is 0 Å². The number of benzene rings is 1. The van der Waals surface area contributed by atoms with Crippen LogP contribution in [0.3, 0.4) is 0 Å². The lowest BCUT2D eigenvalue weighted by molar-refractivity contribution is 0.0505. The number of phenols is 1. The molecule has 0 aliphatic rings. The van der Waals surface area contributed by atoms with Crippen LogP contribution in [-0.4, -0.2) is 19.0 Å². The molecule has 0 unspecified atom stereocenters. The number of phenolic OH excluding ortho intramolecular Hbond substituents is 1. The molecule has 0 saturated heterocycles. The topological polar surface area (TPSA) is 38.7 Å². The van der Waals surface area contributed by atoms with Gasteiger partial charge < -0.3 is 14.6 Å². The standard InChI is InChI=1S/C8H9BrO3/c1-11-5-12-8-3-2-6(10)4-7(8)9/h2-4,10H,5H2,1H3. The predicted octanol–water partition coefficient (Wildman–Crippen LogP) is 2.14. The van der Waals surface area contributed by atoms with Crippen LogP contribution in [0.5, 0.6) is 11.5 Å². The third-order valence-electron chi connectivity index (χ3n) is 1.25. The molecule has 1 aromatic rings. The van der Waals surface area contributed by atoms with E-state index in [4.69, 9.17) is 14.6 Å². The first-order chi connectivity index (χ1) is 5.74. The highest BCUT2D eigenvalue weighted by molar-refractivity contribution is 9.10. The Bertz CT molecular complexity index is 262. The number of methoxy groups -OCH3 is 1. The summed E-state index contributed by atoms with van der Waals surface area (Å²) in [6.45, 7) is 0.198. The van der Waals surface area contributed by atoms with Gasteiger partial charge in [0.05, 0.1) is 4.47 Å². The number of ether oxygens (including phenoxy) is 2. The van der Waals surface area contributed by atoms with Crippen LogP contribution in [-0.2, 0) is 4.74 Å². The van der Waals surface area contributed by atoms with Crippen molar-refractivity contribution in [3.05, 3.63) is 22.7 Å². The minimum atomic E-state index is 0.198. The Labute approximate surface area is 79.1 Å². The number of hydrogen-bond acceptors (Lipinski definition) is 3. The average molecular weight is 233 g/mol. The Morgan fingerprint density at radius 3 is 2.83 bits per heavy atom. The van der Waals surface area contributed by atoms with Crippen LogP contribution in [0.25, 0.3) is 0 Å². The van der Waals surface area contributed by atoms with Gasteiger partial charge in [0, 0.05) is 7.11 Å². The van der Waals surface area contributed by atoms with Gasteiger partial charge in [-0.25, -0.2) is 0 Å².